The molecule has 1 aliphatic carbocycles. The van der Waals surface area contributed by atoms with Crippen molar-refractivity contribution in [3.8, 4) is 11.5 Å². The van der Waals surface area contributed by atoms with E-state index in [0.29, 0.717) is 28.3 Å². The van der Waals surface area contributed by atoms with E-state index in [4.69, 9.17) is 21.1 Å². The van der Waals surface area contributed by atoms with Gasteiger partial charge in [-0.1, -0.05) is 30.5 Å². The molecule has 0 unspecified atom stereocenters. The number of benzene rings is 1. The number of aromatic nitrogens is 2. The number of nitrogens with one attached hydrogen (secondary N) is 1. The van der Waals surface area contributed by atoms with Crippen LogP contribution in [0.4, 0.5) is 5.69 Å². The zero-order chi connectivity index (χ0) is 23.5. The molecular weight excluding hydrogens is 456 g/mol. The largest absolute Gasteiger partial charge is 0.454 e. The van der Waals surface area contributed by atoms with Gasteiger partial charge in [0.25, 0.3) is 5.91 Å². The van der Waals surface area contributed by atoms with Crippen LogP contribution in [0.2, 0.25) is 5.15 Å². The van der Waals surface area contributed by atoms with Crippen molar-refractivity contribution in [2.75, 3.05) is 11.7 Å². The monoisotopic (exact) mass is 478 g/mol. The SMILES string of the molecule is O=C(NC1CCCC1)[C@H](c1cccnc1)N(C(=O)c1ccc(Cl)nc1)c1ccc2c(c1)OCO2. The molecule has 0 saturated heterocycles. The molecule has 174 valence electrons. The van der Waals surface area contributed by atoms with E-state index < -0.39 is 11.9 Å². The van der Waals surface area contributed by atoms with Crippen LogP contribution in [0.3, 0.4) is 0 Å². The third kappa shape index (κ3) is 4.54. The topological polar surface area (TPSA) is 93.7 Å². The molecule has 8 nitrogen and oxygen atoms in total. The van der Waals surface area contributed by atoms with Crippen LogP contribution in [0.5, 0.6) is 11.5 Å². The number of anilines is 1. The molecule has 1 N–H and O–H groups in total. The average molecular weight is 479 g/mol. The number of rotatable bonds is 6. The first-order valence-electron chi connectivity index (χ1n) is 11.2. The lowest BCUT2D eigenvalue weighted by atomic mass is 10.0. The van der Waals surface area contributed by atoms with E-state index in [-0.39, 0.29) is 23.9 Å². The molecule has 1 aromatic carbocycles. The van der Waals surface area contributed by atoms with Crippen molar-refractivity contribution in [1.82, 2.24) is 15.3 Å². The zero-order valence-corrected chi connectivity index (χ0v) is 19.1. The Labute approximate surface area is 201 Å². The number of hydrogen-bond donors (Lipinski definition) is 1. The smallest absolute Gasteiger partial charge is 0.260 e. The summed E-state index contributed by atoms with van der Waals surface area (Å²) in [6, 6.07) is 11.0. The lowest BCUT2D eigenvalue weighted by Crippen LogP contribution is -2.46. The summed E-state index contributed by atoms with van der Waals surface area (Å²) in [5.74, 6) is 0.412. The molecule has 2 aromatic heterocycles. The molecular formula is C25H23ClN4O4. The fourth-order valence-corrected chi connectivity index (χ4v) is 4.48. The Kier molecular flexibility index (Phi) is 6.31. The number of fused-ring (bicyclic) bond motifs is 1. The maximum Gasteiger partial charge on any atom is 0.260 e. The summed E-state index contributed by atoms with van der Waals surface area (Å²) in [5.41, 5.74) is 1.37. The summed E-state index contributed by atoms with van der Waals surface area (Å²) in [4.78, 5) is 37.3. The summed E-state index contributed by atoms with van der Waals surface area (Å²) >= 11 is 5.94. The molecule has 0 radical (unpaired) electrons. The molecule has 0 spiro atoms. The van der Waals surface area contributed by atoms with E-state index in [2.05, 4.69) is 15.3 Å². The fourth-order valence-electron chi connectivity index (χ4n) is 4.37. The van der Waals surface area contributed by atoms with Crippen molar-refractivity contribution in [2.24, 2.45) is 0 Å². The van der Waals surface area contributed by atoms with Gasteiger partial charge >= 0.3 is 0 Å². The van der Waals surface area contributed by atoms with Crippen LogP contribution >= 0.6 is 11.6 Å². The second kappa shape index (κ2) is 9.69. The normalized spacial score (nSPS) is 15.7. The second-order valence-electron chi connectivity index (χ2n) is 8.26. The number of amides is 2. The highest BCUT2D eigenvalue weighted by Crippen LogP contribution is 2.38. The van der Waals surface area contributed by atoms with Crippen molar-refractivity contribution < 1.29 is 19.1 Å². The van der Waals surface area contributed by atoms with Crippen LogP contribution < -0.4 is 19.7 Å². The fraction of sp³-hybridized carbons (Fsp3) is 0.280. The van der Waals surface area contributed by atoms with Gasteiger partial charge in [0.1, 0.15) is 11.2 Å². The van der Waals surface area contributed by atoms with Crippen molar-refractivity contribution in [3.05, 3.63) is 77.3 Å². The molecule has 3 heterocycles. The third-order valence-corrected chi connectivity index (χ3v) is 6.26. The predicted octanol–water partition coefficient (Wildman–Crippen LogP) is 4.31. The molecule has 1 aliphatic heterocycles. The minimum Gasteiger partial charge on any atom is -0.454 e. The van der Waals surface area contributed by atoms with E-state index in [1.807, 2.05) is 0 Å². The highest BCUT2D eigenvalue weighted by atomic mass is 35.5. The molecule has 0 bridgehead atoms. The second-order valence-corrected chi connectivity index (χ2v) is 8.65. The number of halogens is 1. The van der Waals surface area contributed by atoms with Crippen molar-refractivity contribution >= 4 is 29.1 Å². The van der Waals surface area contributed by atoms with E-state index in [9.17, 15) is 9.59 Å². The minimum absolute atomic E-state index is 0.0811. The molecule has 3 aromatic rings. The standard InChI is InChI=1S/C25H23ClN4O4/c26-22-10-7-17(14-28-22)25(32)30(19-8-9-20-21(12-19)34-15-33-20)23(16-4-3-11-27-13-16)24(31)29-18-5-1-2-6-18/h3-4,7-14,18,23H,1-2,5-6,15H2,(H,29,31)/t23-/m0/s1. The van der Waals surface area contributed by atoms with Gasteiger partial charge in [0.2, 0.25) is 12.7 Å². The molecule has 1 atom stereocenters. The number of carbonyl (C=O) groups excluding carboxylic acids is 2. The molecule has 1 saturated carbocycles. The highest BCUT2D eigenvalue weighted by molar-refractivity contribution is 6.29. The lowest BCUT2D eigenvalue weighted by Gasteiger charge is -2.32. The maximum atomic E-state index is 13.9. The first-order chi connectivity index (χ1) is 16.6. The van der Waals surface area contributed by atoms with Crippen LogP contribution in [0, 0.1) is 0 Å². The third-order valence-electron chi connectivity index (χ3n) is 6.04. The van der Waals surface area contributed by atoms with Gasteiger partial charge in [-0.3, -0.25) is 19.5 Å². The van der Waals surface area contributed by atoms with Crippen molar-refractivity contribution in [1.29, 1.82) is 0 Å². The Balaban J connectivity index is 1.60. The molecule has 5 rings (SSSR count). The molecule has 9 heteroatoms. The summed E-state index contributed by atoms with van der Waals surface area (Å²) in [7, 11) is 0. The number of carbonyl (C=O) groups is 2. The van der Waals surface area contributed by atoms with Gasteiger partial charge in [-0.25, -0.2) is 4.98 Å². The summed E-state index contributed by atoms with van der Waals surface area (Å²) < 4.78 is 11.0. The van der Waals surface area contributed by atoms with Crippen LogP contribution in [0.25, 0.3) is 0 Å². The van der Waals surface area contributed by atoms with Gasteiger partial charge in [0.05, 0.1) is 5.56 Å². The van der Waals surface area contributed by atoms with E-state index >= 15 is 0 Å². The van der Waals surface area contributed by atoms with Crippen LogP contribution in [-0.2, 0) is 4.79 Å². The van der Waals surface area contributed by atoms with Crippen LogP contribution in [0.1, 0.15) is 47.6 Å². The Hall–Kier alpha value is -3.65. The van der Waals surface area contributed by atoms with Gasteiger partial charge in [0, 0.05) is 41.9 Å². The molecule has 34 heavy (non-hydrogen) atoms. The summed E-state index contributed by atoms with van der Waals surface area (Å²) in [6.07, 6.45) is 8.63. The lowest BCUT2D eigenvalue weighted by molar-refractivity contribution is -0.123. The number of hydrogen-bond acceptors (Lipinski definition) is 6. The minimum atomic E-state index is -0.960. The predicted molar refractivity (Wildman–Crippen MR) is 126 cm³/mol. The number of ether oxygens (including phenoxy) is 2. The summed E-state index contributed by atoms with van der Waals surface area (Å²) in [5, 5.41) is 3.41. The zero-order valence-electron chi connectivity index (χ0n) is 18.3. The molecule has 1 fully saturated rings. The van der Waals surface area contributed by atoms with Crippen molar-refractivity contribution in [3.63, 3.8) is 0 Å². The van der Waals surface area contributed by atoms with Gasteiger partial charge in [-0.2, -0.15) is 0 Å². The number of nitrogens with zero attached hydrogens (tertiary/aromatic N) is 3. The van der Waals surface area contributed by atoms with Gasteiger partial charge in [-0.05, 0) is 43.2 Å². The molecule has 2 amide bonds. The highest BCUT2D eigenvalue weighted by Gasteiger charge is 2.36. The Bertz CT molecular complexity index is 1180. The van der Waals surface area contributed by atoms with Crippen LogP contribution in [0.15, 0.2) is 61.1 Å². The van der Waals surface area contributed by atoms with Crippen LogP contribution in [-0.4, -0.2) is 34.6 Å². The maximum absolute atomic E-state index is 13.9. The first kappa shape index (κ1) is 22.2. The van der Waals surface area contributed by atoms with Crippen molar-refractivity contribution in [2.45, 2.75) is 37.8 Å². The Morgan fingerprint density at radius 1 is 1.06 bits per heavy atom. The average Bonchev–Trinajstić information content (AvgIpc) is 3.54. The van der Waals surface area contributed by atoms with Gasteiger partial charge < -0.3 is 14.8 Å². The Morgan fingerprint density at radius 2 is 1.88 bits per heavy atom. The Morgan fingerprint density at radius 3 is 2.62 bits per heavy atom. The van der Waals surface area contributed by atoms with E-state index in [0.717, 1.165) is 25.7 Å². The first-order valence-corrected chi connectivity index (χ1v) is 11.5. The van der Waals surface area contributed by atoms with E-state index in [1.54, 1.807) is 54.9 Å². The van der Waals surface area contributed by atoms with Gasteiger partial charge in [0.15, 0.2) is 11.5 Å². The molecule has 2 aliphatic rings. The van der Waals surface area contributed by atoms with Gasteiger partial charge in [-0.15, -0.1) is 0 Å². The number of pyridine rings is 2. The quantitative estimate of drug-likeness (QED) is 0.531. The summed E-state index contributed by atoms with van der Waals surface area (Å²) in [6.45, 7) is 0.0992. The van der Waals surface area contributed by atoms with E-state index in [1.165, 1.54) is 11.1 Å².